The lowest BCUT2D eigenvalue weighted by atomic mass is 9.99. The van der Waals surface area contributed by atoms with E-state index in [4.69, 9.17) is 11.6 Å². The Kier molecular flexibility index (Phi) is 6.87. The van der Waals surface area contributed by atoms with Crippen molar-refractivity contribution in [3.05, 3.63) is 38.9 Å². The fourth-order valence-electron chi connectivity index (χ4n) is 2.28. The largest absolute Gasteiger partial charge is 0.351 e. The minimum absolute atomic E-state index is 0. The molecule has 1 fully saturated rings. The highest BCUT2D eigenvalue weighted by atomic mass is 35.5. The van der Waals surface area contributed by atoms with Crippen molar-refractivity contribution in [2.24, 2.45) is 5.92 Å². The van der Waals surface area contributed by atoms with E-state index >= 15 is 0 Å². The van der Waals surface area contributed by atoms with Gasteiger partial charge in [0.05, 0.1) is 4.92 Å². The van der Waals surface area contributed by atoms with Crippen LogP contribution in [0.1, 0.15) is 23.2 Å². The highest BCUT2D eigenvalue weighted by Gasteiger charge is 2.21. The molecular weight excluding hydrogens is 317 g/mol. The summed E-state index contributed by atoms with van der Waals surface area (Å²) in [5.74, 6) is -0.0574. The van der Waals surface area contributed by atoms with Crippen molar-refractivity contribution in [1.29, 1.82) is 0 Å². The van der Waals surface area contributed by atoms with Gasteiger partial charge in [0.25, 0.3) is 11.6 Å². The number of nitro groups is 1. The first kappa shape index (κ1) is 17.7. The molecule has 8 heteroatoms. The number of nitrogens with one attached hydrogen (secondary N) is 2. The Hall–Kier alpha value is -1.37. The molecule has 1 aromatic carbocycles. The van der Waals surface area contributed by atoms with E-state index in [-0.39, 0.29) is 28.7 Å². The normalized spacial score (nSPS) is 17.7. The summed E-state index contributed by atoms with van der Waals surface area (Å²) < 4.78 is 0. The average Bonchev–Trinajstić information content (AvgIpc) is 2.45. The molecule has 0 bridgehead atoms. The topological polar surface area (TPSA) is 84.3 Å². The minimum atomic E-state index is -0.594. The number of carbonyl (C=O) groups is 1. The molecule has 116 valence electrons. The summed E-state index contributed by atoms with van der Waals surface area (Å²) in [5.41, 5.74) is -0.222. The first-order valence-electron chi connectivity index (χ1n) is 6.51. The number of hydrogen-bond acceptors (Lipinski definition) is 4. The van der Waals surface area contributed by atoms with Crippen molar-refractivity contribution in [3.8, 4) is 0 Å². The second-order valence-electron chi connectivity index (χ2n) is 4.84. The molecule has 1 aliphatic heterocycles. The van der Waals surface area contributed by atoms with E-state index in [0.717, 1.165) is 25.9 Å². The summed E-state index contributed by atoms with van der Waals surface area (Å²) in [6.45, 7) is 2.39. The van der Waals surface area contributed by atoms with Gasteiger partial charge in [-0.05, 0) is 44.0 Å². The summed E-state index contributed by atoms with van der Waals surface area (Å²) in [7, 11) is 0. The predicted molar refractivity (Wildman–Crippen MR) is 83.3 cm³/mol. The third-order valence-electron chi connectivity index (χ3n) is 3.35. The number of hydrogen-bond donors (Lipinski definition) is 2. The van der Waals surface area contributed by atoms with Crippen LogP contribution in [0.5, 0.6) is 0 Å². The van der Waals surface area contributed by atoms with Crippen molar-refractivity contribution < 1.29 is 9.72 Å². The molecule has 0 aliphatic carbocycles. The van der Waals surface area contributed by atoms with Crippen LogP contribution in [0, 0.1) is 16.0 Å². The van der Waals surface area contributed by atoms with Crippen LogP contribution in [0.3, 0.4) is 0 Å². The monoisotopic (exact) mass is 333 g/mol. The molecule has 1 aliphatic rings. The predicted octanol–water partition coefficient (Wildman–Crippen LogP) is 2.40. The first-order valence-corrected chi connectivity index (χ1v) is 6.88. The van der Waals surface area contributed by atoms with Crippen LogP contribution < -0.4 is 10.6 Å². The summed E-state index contributed by atoms with van der Waals surface area (Å²) in [6.07, 6.45) is 2.14. The van der Waals surface area contributed by atoms with Gasteiger partial charge in [-0.3, -0.25) is 14.9 Å². The molecule has 2 N–H and O–H groups in total. The summed E-state index contributed by atoms with van der Waals surface area (Å²) in [5, 5.41) is 17.2. The van der Waals surface area contributed by atoms with Crippen molar-refractivity contribution in [2.45, 2.75) is 12.8 Å². The maximum Gasteiger partial charge on any atom is 0.283 e. The van der Waals surface area contributed by atoms with Crippen molar-refractivity contribution >= 4 is 35.6 Å². The number of benzene rings is 1. The number of halogens is 2. The van der Waals surface area contributed by atoms with E-state index in [1.165, 1.54) is 18.2 Å². The van der Waals surface area contributed by atoms with Crippen molar-refractivity contribution in [2.75, 3.05) is 19.6 Å². The zero-order valence-corrected chi connectivity index (χ0v) is 12.9. The molecule has 1 unspecified atom stereocenters. The number of nitrogens with zero attached hydrogens (tertiary/aromatic N) is 1. The van der Waals surface area contributed by atoms with E-state index in [1.807, 2.05) is 0 Å². The van der Waals surface area contributed by atoms with Gasteiger partial charge >= 0.3 is 0 Å². The Balaban J connectivity index is 0.00000220. The Labute approximate surface area is 133 Å². The van der Waals surface area contributed by atoms with Crippen LogP contribution in [-0.4, -0.2) is 30.5 Å². The second-order valence-corrected chi connectivity index (χ2v) is 5.28. The molecule has 1 amide bonds. The summed E-state index contributed by atoms with van der Waals surface area (Å²) in [6, 6.07) is 4.05. The molecular formula is C13H17Cl2N3O3. The molecule has 0 saturated carbocycles. The summed E-state index contributed by atoms with van der Waals surface area (Å²) in [4.78, 5) is 22.4. The molecule has 2 rings (SSSR count). The highest BCUT2D eigenvalue weighted by Crippen LogP contribution is 2.23. The maximum atomic E-state index is 12.0. The number of nitro benzene ring substituents is 1. The van der Waals surface area contributed by atoms with Crippen LogP contribution in [0.25, 0.3) is 0 Å². The molecule has 0 spiro atoms. The van der Waals surface area contributed by atoms with Crippen LogP contribution in [-0.2, 0) is 0 Å². The second kappa shape index (κ2) is 8.17. The van der Waals surface area contributed by atoms with Gasteiger partial charge in [0.2, 0.25) is 0 Å². The Bertz CT molecular complexity index is 519. The van der Waals surface area contributed by atoms with Gasteiger partial charge in [0.1, 0.15) is 5.56 Å². The zero-order valence-electron chi connectivity index (χ0n) is 11.3. The molecule has 0 radical (unpaired) electrons. The zero-order chi connectivity index (χ0) is 14.5. The van der Waals surface area contributed by atoms with Gasteiger partial charge in [-0.1, -0.05) is 11.6 Å². The third-order valence-corrected chi connectivity index (χ3v) is 3.59. The van der Waals surface area contributed by atoms with E-state index in [1.54, 1.807) is 0 Å². The molecule has 0 aromatic heterocycles. The van der Waals surface area contributed by atoms with Gasteiger partial charge in [-0.15, -0.1) is 12.4 Å². The lowest BCUT2D eigenvalue weighted by Crippen LogP contribution is -2.38. The van der Waals surface area contributed by atoms with Gasteiger partial charge < -0.3 is 10.6 Å². The fraction of sp³-hybridized carbons (Fsp3) is 0.462. The maximum absolute atomic E-state index is 12.0. The Morgan fingerprint density at radius 1 is 1.52 bits per heavy atom. The van der Waals surface area contributed by atoms with Crippen molar-refractivity contribution in [1.82, 2.24) is 10.6 Å². The number of piperidine rings is 1. The van der Waals surface area contributed by atoms with Crippen LogP contribution >= 0.6 is 24.0 Å². The quantitative estimate of drug-likeness (QED) is 0.654. The van der Waals surface area contributed by atoms with E-state index in [2.05, 4.69) is 10.6 Å². The molecule has 21 heavy (non-hydrogen) atoms. The van der Waals surface area contributed by atoms with Crippen molar-refractivity contribution in [3.63, 3.8) is 0 Å². The van der Waals surface area contributed by atoms with Crippen LogP contribution in [0.2, 0.25) is 5.02 Å². The molecule has 1 saturated heterocycles. The van der Waals surface area contributed by atoms with Gasteiger partial charge in [0, 0.05) is 17.6 Å². The minimum Gasteiger partial charge on any atom is -0.351 e. The van der Waals surface area contributed by atoms with Gasteiger partial charge in [-0.2, -0.15) is 0 Å². The smallest absolute Gasteiger partial charge is 0.283 e. The lowest BCUT2D eigenvalue weighted by molar-refractivity contribution is -0.385. The fourth-order valence-corrected chi connectivity index (χ4v) is 2.44. The average molecular weight is 334 g/mol. The lowest BCUT2D eigenvalue weighted by Gasteiger charge is -2.22. The van der Waals surface area contributed by atoms with E-state index < -0.39 is 10.8 Å². The van der Waals surface area contributed by atoms with E-state index in [9.17, 15) is 14.9 Å². The Morgan fingerprint density at radius 2 is 2.29 bits per heavy atom. The molecule has 1 heterocycles. The molecule has 1 aromatic rings. The standard InChI is InChI=1S/C13H16ClN3O3.ClH/c14-10-3-4-11(12(6-10)17(19)20)13(18)16-8-9-2-1-5-15-7-9;/h3-4,6,9,15H,1-2,5,7-8H2,(H,16,18);1H. The molecule has 6 nitrogen and oxygen atoms in total. The van der Waals surface area contributed by atoms with Crippen LogP contribution in [0.4, 0.5) is 5.69 Å². The number of carbonyl (C=O) groups excluding carboxylic acids is 1. The number of amides is 1. The van der Waals surface area contributed by atoms with Crippen LogP contribution in [0.15, 0.2) is 18.2 Å². The van der Waals surface area contributed by atoms with Gasteiger partial charge in [-0.25, -0.2) is 0 Å². The SMILES string of the molecule is Cl.O=C(NCC1CCCNC1)c1ccc(Cl)cc1[N+](=O)[O-]. The first-order chi connectivity index (χ1) is 9.58. The van der Waals surface area contributed by atoms with E-state index in [0.29, 0.717) is 12.5 Å². The Morgan fingerprint density at radius 3 is 2.90 bits per heavy atom. The van der Waals surface area contributed by atoms with Gasteiger partial charge in [0.15, 0.2) is 0 Å². The summed E-state index contributed by atoms with van der Waals surface area (Å²) >= 11 is 5.72. The highest BCUT2D eigenvalue weighted by molar-refractivity contribution is 6.31. The molecule has 1 atom stereocenters. The third kappa shape index (κ3) is 4.84. The number of rotatable bonds is 4.